The van der Waals surface area contributed by atoms with E-state index in [9.17, 15) is 4.79 Å². The standard InChI is InChI=1S/C20H20N2O/c1-3-21-13-17-9-10-19(11-15(17)2)22-14-18(12-20(22)23)16-7-5-4-6-8-16/h3-11,13,18H,1,12,14H2,2H3/b21-13-. The first-order chi connectivity index (χ1) is 11.2. The van der Waals surface area contributed by atoms with Gasteiger partial charge in [0.15, 0.2) is 0 Å². The fourth-order valence-corrected chi connectivity index (χ4v) is 3.01. The molecule has 116 valence electrons. The summed E-state index contributed by atoms with van der Waals surface area (Å²) >= 11 is 0. The van der Waals surface area contributed by atoms with Gasteiger partial charge in [-0.2, -0.15) is 0 Å². The first-order valence-electron chi connectivity index (χ1n) is 7.79. The maximum atomic E-state index is 12.4. The second kappa shape index (κ2) is 6.61. The lowest BCUT2D eigenvalue weighted by atomic mass is 9.98. The minimum absolute atomic E-state index is 0.186. The Morgan fingerprint density at radius 1 is 1.22 bits per heavy atom. The van der Waals surface area contributed by atoms with Gasteiger partial charge in [-0.15, -0.1) is 0 Å². The lowest BCUT2D eigenvalue weighted by Crippen LogP contribution is -2.24. The quantitative estimate of drug-likeness (QED) is 0.783. The molecule has 1 unspecified atom stereocenters. The first kappa shape index (κ1) is 15.2. The number of rotatable bonds is 4. The van der Waals surface area contributed by atoms with E-state index in [0.29, 0.717) is 6.42 Å². The van der Waals surface area contributed by atoms with Crippen LogP contribution >= 0.6 is 0 Å². The van der Waals surface area contributed by atoms with Gasteiger partial charge < -0.3 is 4.90 Å². The summed E-state index contributed by atoms with van der Waals surface area (Å²) in [6.07, 6.45) is 3.87. The Kier molecular flexibility index (Phi) is 4.38. The van der Waals surface area contributed by atoms with Gasteiger partial charge in [0.25, 0.3) is 0 Å². The Labute approximate surface area is 137 Å². The maximum absolute atomic E-state index is 12.4. The van der Waals surface area contributed by atoms with Crippen LogP contribution in [0.4, 0.5) is 5.69 Å². The van der Waals surface area contributed by atoms with Gasteiger partial charge in [0.05, 0.1) is 0 Å². The van der Waals surface area contributed by atoms with Crippen LogP contribution in [-0.2, 0) is 4.79 Å². The summed E-state index contributed by atoms with van der Waals surface area (Å²) in [4.78, 5) is 18.4. The van der Waals surface area contributed by atoms with Crippen molar-refractivity contribution in [2.45, 2.75) is 19.3 Å². The molecule has 0 spiro atoms. The molecule has 0 radical (unpaired) electrons. The zero-order chi connectivity index (χ0) is 16.2. The Morgan fingerprint density at radius 2 is 2.00 bits per heavy atom. The topological polar surface area (TPSA) is 32.7 Å². The number of hydrogen-bond donors (Lipinski definition) is 0. The van der Waals surface area contributed by atoms with E-state index in [1.165, 1.54) is 11.8 Å². The number of carbonyl (C=O) groups is 1. The number of anilines is 1. The van der Waals surface area contributed by atoms with Crippen LogP contribution in [-0.4, -0.2) is 18.7 Å². The number of amides is 1. The highest BCUT2D eigenvalue weighted by atomic mass is 16.2. The minimum atomic E-state index is 0.186. The van der Waals surface area contributed by atoms with E-state index in [1.54, 1.807) is 6.21 Å². The van der Waals surface area contributed by atoms with Gasteiger partial charge in [0.1, 0.15) is 0 Å². The summed E-state index contributed by atoms with van der Waals surface area (Å²) in [6.45, 7) is 6.35. The molecule has 3 heteroatoms. The van der Waals surface area contributed by atoms with Crippen molar-refractivity contribution in [1.82, 2.24) is 0 Å². The number of benzene rings is 2. The van der Waals surface area contributed by atoms with Gasteiger partial charge in [-0.3, -0.25) is 9.79 Å². The predicted octanol–water partition coefficient (Wildman–Crippen LogP) is 4.08. The molecular weight excluding hydrogens is 284 g/mol. The summed E-state index contributed by atoms with van der Waals surface area (Å²) in [6, 6.07) is 16.3. The lowest BCUT2D eigenvalue weighted by molar-refractivity contribution is -0.117. The van der Waals surface area contributed by atoms with Crippen molar-refractivity contribution in [3.63, 3.8) is 0 Å². The summed E-state index contributed by atoms with van der Waals surface area (Å²) in [5.41, 5.74) is 4.33. The molecule has 0 saturated carbocycles. The van der Waals surface area contributed by atoms with Crippen LogP contribution in [0.1, 0.15) is 29.0 Å². The minimum Gasteiger partial charge on any atom is -0.312 e. The van der Waals surface area contributed by atoms with E-state index in [2.05, 4.69) is 29.8 Å². The largest absolute Gasteiger partial charge is 0.312 e. The second-order valence-electron chi connectivity index (χ2n) is 5.82. The van der Waals surface area contributed by atoms with E-state index in [1.807, 2.05) is 42.2 Å². The molecule has 23 heavy (non-hydrogen) atoms. The van der Waals surface area contributed by atoms with Crippen molar-refractivity contribution in [3.8, 4) is 0 Å². The molecule has 1 aliphatic rings. The second-order valence-corrected chi connectivity index (χ2v) is 5.82. The van der Waals surface area contributed by atoms with Gasteiger partial charge in [0, 0.05) is 37.0 Å². The zero-order valence-corrected chi connectivity index (χ0v) is 13.3. The molecule has 3 nitrogen and oxygen atoms in total. The Morgan fingerprint density at radius 3 is 2.70 bits per heavy atom. The third kappa shape index (κ3) is 3.24. The third-order valence-corrected chi connectivity index (χ3v) is 4.28. The molecule has 0 aromatic heterocycles. The SMILES string of the molecule is C=C/N=C\c1ccc(N2CC(c3ccccc3)CC2=O)cc1C. The molecule has 3 rings (SSSR count). The van der Waals surface area contributed by atoms with Crippen molar-refractivity contribution in [1.29, 1.82) is 0 Å². The molecule has 1 saturated heterocycles. The maximum Gasteiger partial charge on any atom is 0.227 e. The molecule has 0 N–H and O–H groups in total. The fourth-order valence-electron chi connectivity index (χ4n) is 3.01. The van der Waals surface area contributed by atoms with Crippen LogP contribution in [0, 0.1) is 6.92 Å². The summed E-state index contributed by atoms with van der Waals surface area (Å²) in [7, 11) is 0. The van der Waals surface area contributed by atoms with Crippen molar-refractivity contribution < 1.29 is 4.79 Å². The summed E-state index contributed by atoms with van der Waals surface area (Å²) in [5, 5.41) is 0. The number of aliphatic imine (C=N–C) groups is 1. The van der Waals surface area contributed by atoms with Crippen molar-refractivity contribution in [2.75, 3.05) is 11.4 Å². The molecular formula is C20H20N2O. The molecule has 2 aromatic carbocycles. The normalized spacial score (nSPS) is 17.9. The van der Waals surface area contributed by atoms with Crippen molar-refractivity contribution in [2.24, 2.45) is 4.99 Å². The van der Waals surface area contributed by atoms with Crippen LogP contribution in [0.2, 0.25) is 0 Å². The van der Waals surface area contributed by atoms with E-state index in [0.717, 1.165) is 23.4 Å². The highest BCUT2D eigenvalue weighted by molar-refractivity contribution is 5.97. The monoisotopic (exact) mass is 304 g/mol. The Balaban J connectivity index is 1.82. The number of aryl methyl sites for hydroxylation is 1. The van der Waals surface area contributed by atoms with Crippen LogP contribution in [0.3, 0.4) is 0 Å². The van der Waals surface area contributed by atoms with E-state index >= 15 is 0 Å². The fraction of sp³-hybridized carbons (Fsp3) is 0.200. The van der Waals surface area contributed by atoms with Gasteiger partial charge in [-0.25, -0.2) is 0 Å². The van der Waals surface area contributed by atoms with Gasteiger partial charge in [0.2, 0.25) is 5.91 Å². The average molecular weight is 304 g/mol. The van der Waals surface area contributed by atoms with Crippen LogP contribution in [0.5, 0.6) is 0 Å². The highest BCUT2D eigenvalue weighted by Gasteiger charge is 2.31. The highest BCUT2D eigenvalue weighted by Crippen LogP contribution is 2.32. The lowest BCUT2D eigenvalue weighted by Gasteiger charge is -2.18. The Bertz CT molecular complexity index is 749. The van der Waals surface area contributed by atoms with Crippen molar-refractivity contribution >= 4 is 17.8 Å². The zero-order valence-electron chi connectivity index (χ0n) is 13.3. The first-order valence-corrected chi connectivity index (χ1v) is 7.79. The molecule has 1 aliphatic heterocycles. The van der Waals surface area contributed by atoms with Crippen LogP contribution < -0.4 is 4.90 Å². The van der Waals surface area contributed by atoms with Gasteiger partial charge >= 0.3 is 0 Å². The molecule has 2 aromatic rings. The smallest absolute Gasteiger partial charge is 0.227 e. The van der Waals surface area contributed by atoms with Crippen molar-refractivity contribution in [3.05, 3.63) is 78.0 Å². The van der Waals surface area contributed by atoms with Gasteiger partial charge in [-0.1, -0.05) is 43.0 Å². The molecule has 1 amide bonds. The molecule has 1 heterocycles. The predicted molar refractivity (Wildman–Crippen MR) is 95.1 cm³/mol. The summed E-state index contributed by atoms with van der Waals surface area (Å²) < 4.78 is 0. The number of carbonyl (C=O) groups excluding carboxylic acids is 1. The van der Waals surface area contributed by atoms with Gasteiger partial charge in [-0.05, 0) is 35.7 Å². The molecule has 0 aliphatic carbocycles. The molecule has 1 atom stereocenters. The van der Waals surface area contributed by atoms with E-state index < -0.39 is 0 Å². The third-order valence-electron chi connectivity index (χ3n) is 4.28. The Hall–Kier alpha value is -2.68. The summed E-state index contributed by atoms with van der Waals surface area (Å²) in [5.74, 6) is 0.455. The molecule has 0 bridgehead atoms. The van der Waals surface area contributed by atoms with Crippen LogP contribution in [0.15, 0.2) is 66.3 Å². The van der Waals surface area contributed by atoms with E-state index in [4.69, 9.17) is 0 Å². The average Bonchev–Trinajstić information content (AvgIpc) is 2.96. The van der Waals surface area contributed by atoms with Crippen LogP contribution in [0.25, 0.3) is 0 Å². The number of hydrogen-bond acceptors (Lipinski definition) is 2. The van der Waals surface area contributed by atoms with E-state index in [-0.39, 0.29) is 11.8 Å². The number of nitrogens with zero attached hydrogens (tertiary/aromatic N) is 2. The molecule has 1 fully saturated rings.